The predicted molar refractivity (Wildman–Crippen MR) is 87.6 cm³/mol. The Morgan fingerprint density at radius 1 is 1.10 bits per heavy atom. The van der Waals surface area contributed by atoms with Crippen molar-refractivity contribution in [1.29, 1.82) is 0 Å². The third-order valence-electron chi connectivity index (χ3n) is 3.81. The Hall–Kier alpha value is -1.78. The van der Waals surface area contributed by atoms with Crippen molar-refractivity contribution < 1.29 is 0 Å². The van der Waals surface area contributed by atoms with E-state index in [0.717, 1.165) is 38.5 Å². The molecule has 0 bridgehead atoms. The second kappa shape index (κ2) is 6.33. The lowest BCUT2D eigenvalue weighted by Crippen LogP contribution is -2.46. The topological polar surface area (TPSA) is 45.4 Å². The van der Waals surface area contributed by atoms with E-state index in [9.17, 15) is 0 Å². The number of hydrogen-bond donors (Lipinski definition) is 1. The van der Waals surface area contributed by atoms with Crippen LogP contribution < -0.4 is 10.6 Å². The molecule has 0 spiro atoms. The lowest BCUT2D eigenvalue weighted by molar-refractivity contribution is 0.249. The van der Waals surface area contributed by atoms with Crippen molar-refractivity contribution in [2.24, 2.45) is 0 Å². The van der Waals surface area contributed by atoms with E-state index in [1.54, 1.807) is 0 Å². The zero-order chi connectivity index (χ0) is 14.7. The fourth-order valence-electron chi connectivity index (χ4n) is 2.63. The molecular weight excluding hydrogens is 284 g/mol. The van der Waals surface area contributed by atoms with Crippen molar-refractivity contribution >= 4 is 23.1 Å². The average molecular weight is 303 g/mol. The lowest BCUT2D eigenvalue weighted by atomic mass is 10.1. The number of nitrogen functional groups attached to an aromatic ring is 1. The summed E-state index contributed by atoms with van der Waals surface area (Å²) in [5.74, 6) is 1.06. The molecule has 2 aromatic rings. The Bertz CT molecular complexity index is 594. The summed E-state index contributed by atoms with van der Waals surface area (Å²) in [6.07, 6.45) is 1.85. The van der Waals surface area contributed by atoms with Gasteiger partial charge in [0.2, 0.25) is 0 Å². The highest BCUT2D eigenvalue weighted by molar-refractivity contribution is 6.33. The van der Waals surface area contributed by atoms with Crippen LogP contribution in [0.5, 0.6) is 0 Å². The molecule has 1 aliphatic rings. The summed E-state index contributed by atoms with van der Waals surface area (Å²) in [5.41, 5.74) is 7.72. The van der Waals surface area contributed by atoms with Gasteiger partial charge >= 0.3 is 0 Å². The molecule has 1 aromatic carbocycles. The summed E-state index contributed by atoms with van der Waals surface area (Å²) in [5, 5.41) is 0.624. The maximum Gasteiger partial charge on any atom is 0.128 e. The van der Waals surface area contributed by atoms with Crippen LogP contribution in [0.3, 0.4) is 0 Å². The smallest absolute Gasteiger partial charge is 0.128 e. The van der Waals surface area contributed by atoms with Gasteiger partial charge in [0, 0.05) is 38.9 Å². The molecular formula is C16H19ClN4. The van der Waals surface area contributed by atoms with E-state index in [4.69, 9.17) is 17.3 Å². The number of nitrogens with two attached hydrogens (primary N) is 1. The molecule has 1 saturated heterocycles. The molecule has 0 atom stereocenters. The van der Waals surface area contributed by atoms with Crippen molar-refractivity contribution in [1.82, 2.24) is 9.88 Å². The van der Waals surface area contributed by atoms with E-state index < -0.39 is 0 Å². The number of aromatic nitrogens is 1. The van der Waals surface area contributed by atoms with Crippen LogP contribution in [0.1, 0.15) is 5.56 Å². The van der Waals surface area contributed by atoms with E-state index in [1.807, 2.05) is 36.5 Å². The molecule has 0 aliphatic carbocycles. The van der Waals surface area contributed by atoms with Gasteiger partial charge in [-0.05, 0) is 29.8 Å². The molecule has 2 N–H and O–H groups in total. The van der Waals surface area contributed by atoms with Gasteiger partial charge in [-0.3, -0.25) is 4.90 Å². The van der Waals surface area contributed by atoms with Crippen LogP contribution in [0.25, 0.3) is 0 Å². The molecule has 0 saturated carbocycles. The van der Waals surface area contributed by atoms with Crippen LogP contribution in [-0.2, 0) is 6.54 Å². The third kappa shape index (κ3) is 3.46. The minimum atomic E-state index is 0.624. The van der Waals surface area contributed by atoms with Gasteiger partial charge in [-0.25, -0.2) is 4.98 Å². The molecule has 0 radical (unpaired) electrons. The van der Waals surface area contributed by atoms with Gasteiger partial charge in [0.1, 0.15) is 5.82 Å². The zero-order valence-corrected chi connectivity index (χ0v) is 12.6. The van der Waals surface area contributed by atoms with Gasteiger partial charge in [-0.1, -0.05) is 23.7 Å². The average Bonchev–Trinajstić information content (AvgIpc) is 2.53. The summed E-state index contributed by atoms with van der Waals surface area (Å²) in [6.45, 7) is 4.97. The number of benzene rings is 1. The number of piperazine rings is 1. The molecule has 1 fully saturated rings. The van der Waals surface area contributed by atoms with Crippen molar-refractivity contribution in [3.8, 4) is 0 Å². The number of pyridine rings is 1. The maximum absolute atomic E-state index is 5.96. The Balaban J connectivity index is 1.57. The van der Waals surface area contributed by atoms with Crippen LogP contribution in [0.2, 0.25) is 5.02 Å². The van der Waals surface area contributed by atoms with E-state index in [1.165, 1.54) is 5.56 Å². The first-order valence-electron chi connectivity index (χ1n) is 7.14. The highest BCUT2D eigenvalue weighted by Gasteiger charge is 2.17. The van der Waals surface area contributed by atoms with Gasteiger partial charge in [-0.2, -0.15) is 0 Å². The Morgan fingerprint density at radius 2 is 1.90 bits per heavy atom. The quantitative estimate of drug-likeness (QED) is 0.885. The van der Waals surface area contributed by atoms with Crippen molar-refractivity contribution in [2.75, 3.05) is 36.8 Å². The van der Waals surface area contributed by atoms with E-state index >= 15 is 0 Å². The minimum Gasteiger partial charge on any atom is -0.398 e. The summed E-state index contributed by atoms with van der Waals surface area (Å²) < 4.78 is 0. The molecule has 4 nitrogen and oxygen atoms in total. The van der Waals surface area contributed by atoms with E-state index in [-0.39, 0.29) is 0 Å². The van der Waals surface area contributed by atoms with Crippen molar-refractivity contribution in [3.63, 3.8) is 0 Å². The zero-order valence-electron chi connectivity index (χ0n) is 11.9. The number of halogens is 1. The van der Waals surface area contributed by atoms with Crippen molar-refractivity contribution in [3.05, 3.63) is 53.2 Å². The lowest BCUT2D eigenvalue weighted by Gasteiger charge is -2.35. The molecule has 5 heteroatoms. The second-order valence-corrected chi connectivity index (χ2v) is 5.71. The third-order valence-corrected chi connectivity index (χ3v) is 4.16. The molecule has 110 valence electrons. The van der Waals surface area contributed by atoms with Crippen LogP contribution in [0.4, 0.5) is 11.5 Å². The van der Waals surface area contributed by atoms with E-state index in [2.05, 4.69) is 20.9 Å². The van der Waals surface area contributed by atoms with Gasteiger partial charge in [-0.15, -0.1) is 0 Å². The summed E-state index contributed by atoms with van der Waals surface area (Å²) >= 11 is 5.96. The van der Waals surface area contributed by atoms with Gasteiger partial charge in [0.25, 0.3) is 0 Å². The number of rotatable bonds is 3. The van der Waals surface area contributed by atoms with Crippen molar-refractivity contribution in [2.45, 2.75) is 6.54 Å². The molecule has 3 rings (SSSR count). The van der Waals surface area contributed by atoms with Gasteiger partial charge < -0.3 is 10.6 Å². The molecule has 1 aliphatic heterocycles. The minimum absolute atomic E-state index is 0.624. The van der Waals surface area contributed by atoms with Crippen LogP contribution in [0, 0.1) is 0 Å². The summed E-state index contributed by atoms with van der Waals surface area (Å²) in [4.78, 5) is 9.17. The normalized spacial score (nSPS) is 16.1. The molecule has 21 heavy (non-hydrogen) atoms. The SMILES string of the molecule is Nc1cc(CN2CCN(c3ccccn3)CC2)ccc1Cl. The Morgan fingerprint density at radius 3 is 2.57 bits per heavy atom. The first kappa shape index (κ1) is 14.2. The fraction of sp³-hybridized carbons (Fsp3) is 0.312. The second-order valence-electron chi connectivity index (χ2n) is 5.31. The predicted octanol–water partition coefficient (Wildman–Crippen LogP) is 2.64. The highest BCUT2D eigenvalue weighted by Crippen LogP contribution is 2.21. The van der Waals surface area contributed by atoms with Crippen LogP contribution in [0.15, 0.2) is 42.6 Å². The first-order chi connectivity index (χ1) is 10.2. The molecule has 0 amide bonds. The largest absolute Gasteiger partial charge is 0.398 e. The van der Waals surface area contributed by atoms with Crippen LogP contribution in [-0.4, -0.2) is 36.1 Å². The number of hydrogen-bond acceptors (Lipinski definition) is 4. The first-order valence-corrected chi connectivity index (χ1v) is 7.52. The molecule has 0 unspecified atom stereocenters. The van der Waals surface area contributed by atoms with Gasteiger partial charge in [0.05, 0.1) is 10.7 Å². The standard InChI is InChI=1S/C16H19ClN4/c17-14-5-4-13(11-15(14)18)12-20-7-9-21(10-8-20)16-3-1-2-6-19-16/h1-6,11H,7-10,12,18H2. The summed E-state index contributed by atoms with van der Waals surface area (Å²) in [7, 11) is 0. The van der Waals surface area contributed by atoms with Crippen LogP contribution >= 0.6 is 11.6 Å². The molecule has 2 heterocycles. The summed E-state index contributed by atoms with van der Waals surface area (Å²) in [6, 6.07) is 11.9. The number of anilines is 2. The monoisotopic (exact) mass is 302 g/mol. The Kier molecular flexibility index (Phi) is 4.27. The number of nitrogens with zero attached hydrogens (tertiary/aromatic N) is 3. The highest BCUT2D eigenvalue weighted by atomic mass is 35.5. The fourth-order valence-corrected chi connectivity index (χ4v) is 2.74. The maximum atomic E-state index is 5.96. The van der Waals surface area contributed by atoms with Gasteiger partial charge in [0.15, 0.2) is 0 Å². The molecule has 1 aromatic heterocycles. The Labute approximate surface area is 130 Å². The van der Waals surface area contributed by atoms with E-state index in [0.29, 0.717) is 10.7 Å².